The van der Waals surface area contributed by atoms with Crippen LogP contribution in [0.15, 0.2) is 18.2 Å². The van der Waals surface area contributed by atoms with E-state index in [9.17, 15) is 9.18 Å². The number of carbonyl (C=O) groups is 1. The van der Waals surface area contributed by atoms with E-state index in [4.69, 9.17) is 10.8 Å². The van der Waals surface area contributed by atoms with Gasteiger partial charge in [-0.05, 0) is 24.6 Å². The second-order valence-electron chi connectivity index (χ2n) is 3.50. The summed E-state index contributed by atoms with van der Waals surface area (Å²) in [6.45, 7) is 1.72. The smallest absolute Gasteiger partial charge is 0.251 e. The lowest BCUT2D eigenvalue weighted by atomic mass is 10.1. The molecule has 4 N–H and O–H groups in total. The molecule has 0 aliphatic heterocycles. The molecule has 0 fully saturated rings. The lowest BCUT2D eigenvalue weighted by Crippen LogP contribution is -2.36. The van der Waals surface area contributed by atoms with Gasteiger partial charge in [-0.25, -0.2) is 4.39 Å². The molecule has 0 aromatic heterocycles. The predicted molar refractivity (Wildman–Crippen MR) is 59.4 cm³/mol. The van der Waals surface area contributed by atoms with Crippen LogP contribution >= 0.6 is 0 Å². The lowest BCUT2D eigenvalue weighted by molar-refractivity contribution is 0.0915. The molecule has 0 saturated carbocycles. The number of amides is 1. The summed E-state index contributed by atoms with van der Waals surface area (Å²) < 4.78 is 12.9. The fourth-order valence-electron chi connectivity index (χ4n) is 1.23. The SMILES string of the molecule is CC[C@@H](CO)NC(=O)c1ccc(F)c(N)c1. The first kappa shape index (κ1) is 12.4. The van der Waals surface area contributed by atoms with E-state index in [1.165, 1.54) is 12.1 Å². The van der Waals surface area contributed by atoms with Crippen LogP contribution in [0, 0.1) is 5.82 Å². The third kappa shape index (κ3) is 2.93. The maximum Gasteiger partial charge on any atom is 0.251 e. The number of benzene rings is 1. The molecule has 0 saturated heterocycles. The molecule has 0 heterocycles. The fraction of sp³-hybridized carbons (Fsp3) is 0.364. The van der Waals surface area contributed by atoms with Crippen molar-refractivity contribution in [1.82, 2.24) is 5.32 Å². The summed E-state index contributed by atoms with van der Waals surface area (Å²) in [5.41, 5.74) is 5.57. The minimum atomic E-state index is -0.550. The minimum absolute atomic E-state index is 0.0651. The van der Waals surface area contributed by atoms with Crippen LogP contribution in [0.1, 0.15) is 23.7 Å². The van der Waals surface area contributed by atoms with E-state index in [0.717, 1.165) is 6.07 Å². The molecule has 1 rings (SSSR count). The van der Waals surface area contributed by atoms with E-state index in [1.54, 1.807) is 0 Å². The molecule has 0 aliphatic rings. The Balaban J connectivity index is 2.76. The molecule has 4 nitrogen and oxygen atoms in total. The molecule has 1 atom stereocenters. The summed E-state index contributed by atoms with van der Waals surface area (Å²) in [5.74, 6) is -0.918. The standard InChI is InChI=1S/C11H15FN2O2/c1-2-8(6-15)14-11(16)7-3-4-9(12)10(13)5-7/h3-5,8,15H,2,6,13H2,1H3,(H,14,16)/t8-/m0/s1. The van der Waals surface area contributed by atoms with Crippen LogP contribution in [-0.4, -0.2) is 23.7 Å². The zero-order chi connectivity index (χ0) is 12.1. The Kier molecular flexibility index (Phi) is 4.25. The van der Waals surface area contributed by atoms with Crippen LogP contribution in [0.5, 0.6) is 0 Å². The molecule has 0 radical (unpaired) electrons. The number of aliphatic hydroxyl groups is 1. The summed E-state index contributed by atoms with van der Waals surface area (Å²) in [6, 6.07) is 3.48. The lowest BCUT2D eigenvalue weighted by Gasteiger charge is -2.14. The number of hydrogen-bond acceptors (Lipinski definition) is 3. The monoisotopic (exact) mass is 226 g/mol. The number of rotatable bonds is 4. The van der Waals surface area contributed by atoms with Crippen molar-refractivity contribution >= 4 is 11.6 Å². The largest absolute Gasteiger partial charge is 0.396 e. The third-order valence-electron chi connectivity index (χ3n) is 2.31. The van der Waals surface area contributed by atoms with Gasteiger partial charge in [-0.15, -0.1) is 0 Å². The van der Waals surface area contributed by atoms with Gasteiger partial charge in [0.1, 0.15) is 5.82 Å². The Morgan fingerprint density at radius 3 is 2.81 bits per heavy atom. The first-order valence-corrected chi connectivity index (χ1v) is 5.05. The summed E-state index contributed by atoms with van der Waals surface area (Å²) in [5, 5.41) is 11.5. The topological polar surface area (TPSA) is 75.3 Å². The van der Waals surface area contributed by atoms with Crippen molar-refractivity contribution in [3.05, 3.63) is 29.6 Å². The summed E-state index contributed by atoms with van der Waals surface area (Å²) in [6.07, 6.45) is 0.624. The number of carbonyl (C=O) groups excluding carboxylic acids is 1. The van der Waals surface area contributed by atoms with Crippen molar-refractivity contribution in [3.63, 3.8) is 0 Å². The van der Waals surface area contributed by atoms with Gasteiger partial charge in [0.25, 0.3) is 5.91 Å². The minimum Gasteiger partial charge on any atom is -0.396 e. The average molecular weight is 226 g/mol. The molecule has 1 aromatic rings. The Morgan fingerprint density at radius 2 is 2.31 bits per heavy atom. The summed E-state index contributed by atoms with van der Waals surface area (Å²) in [7, 11) is 0. The zero-order valence-corrected chi connectivity index (χ0v) is 9.03. The average Bonchev–Trinajstić information content (AvgIpc) is 2.29. The number of nitrogens with one attached hydrogen (secondary N) is 1. The molecule has 16 heavy (non-hydrogen) atoms. The Labute approximate surface area is 93.3 Å². The van der Waals surface area contributed by atoms with Gasteiger partial charge < -0.3 is 16.2 Å². The van der Waals surface area contributed by atoms with E-state index in [-0.39, 0.29) is 29.8 Å². The molecule has 0 aliphatic carbocycles. The summed E-state index contributed by atoms with van der Waals surface area (Å²) >= 11 is 0. The van der Waals surface area contributed by atoms with Crippen LogP contribution in [0.25, 0.3) is 0 Å². The maximum absolute atomic E-state index is 12.9. The Bertz CT molecular complexity index is 378. The van der Waals surface area contributed by atoms with Gasteiger partial charge in [-0.2, -0.15) is 0 Å². The van der Waals surface area contributed by atoms with Crippen molar-refractivity contribution < 1.29 is 14.3 Å². The van der Waals surface area contributed by atoms with Crippen molar-refractivity contribution in [2.75, 3.05) is 12.3 Å². The second kappa shape index (κ2) is 5.46. The number of halogens is 1. The molecular weight excluding hydrogens is 211 g/mol. The molecule has 5 heteroatoms. The molecule has 0 bridgehead atoms. The van der Waals surface area contributed by atoms with Crippen LogP contribution < -0.4 is 11.1 Å². The van der Waals surface area contributed by atoms with Gasteiger partial charge in [0.2, 0.25) is 0 Å². The van der Waals surface area contributed by atoms with Crippen molar-refractivity contribution in [3.8, 4) is 0 Å². The van der Waals surface area contributed by atoms with Crippen molar-refractivity contribution in [1.29, 1.82) is 0 Å². The molecular formula is C11H15FN2O2. The molecule has 1 amide bonds. The Hall–Kier alpha value is -1.62. The summed E-state index contributed by atoms with van der Waals surface area (Å²) in [4.78, 5) is 11.6. The fourth-order valence-corrected chi connectivity index (χ4v) is 1.23. The van der Waals surface area contributed by atoms with Gasteiger partial charge in [-0.3, -0.25) is 4.79 Å². The van der Waals surface area contributed by atoms with Crippen LogP contribution in [0.4, 0.5) is 10.1 Å². The van der Waals surface area contributed by atoms with Gasteiger partial charge >= 0.3 is 0 Å². The molecule has 1 aromatic carbocycles. The highest BCUT2D eigenvalue weighted by Crippen LogP contribution is 2.12. The van der Waals surface area contributed by atoms with E-state index in [1.807, 2.05) is 6.92 Å². The number of hydrogen-bond donors (Lipinski definition) is 3. The van der Waals surface area contributed by atoms with E-state index < -0.39 is 5.82 Å². The normalized spacial score (nSPS) is 12.2. The van der Waals surface area contributed by atoms with Crippen LogP contribution in [-0.2, 0) is 0 Å². The number of nitrogens with two attached hydrogens (primary N) is 1. The first-order chi connectivity index (χ1) is 7.58. The predicted octanol–water partition coefficient (Wildman–Crippen LogP) is 0.909. The second-order valence-corrected chi connectivity index (χ2v) is 3.50. The van der Waals surface area contributed by atoms with Crippen molar-refractivity contribution in [2.24, 2.45) is 0 Å². The highest BCUT2D eigenvalue weighted by Gasteiger charge is 2.12. The molecule has 0 spiro atoms. The van der Waals surface area contributed by atoms with Gasteiger partial charge in [0, 0.05) is 5.56 Å². The number of anilines is 1. The van der Waals surface area contributed by atoms with E-state index in [0.29, 0.717) is 6.42 Å². The Morgan fingerprint density at radius 1 is 1.62 bits per heavy atom. The molecule has 88 valence electrons. The van der Waals surface area contributed by atoms with E-state index in [2.05, 4.69) is 5.32 Å². The highest BCUT2D eigenvalue weighted by atomic mass is 19.1. The van der Waals surface area contributed by atoms with E-state index >= 15 is 0 Å². The molecule has 0 unspecified atom stereocenters. The van der Waals surface area contributed by atoms with Crippen molar-refractivity contribution in [2.45, 2.75) is 19.4 Å². The highest BCUT2D eigenvalue weighted by molar-refractivity contribution is 5.95. The zero-order valence-electron chi connectivity index (χ0n) is 9.03. The number of nitrogen functional groups attached to an aromatic ring is 1. The third-order valence-corrected chi connectivity index (χ3v) is 2.31. The van der Waals surface area contributed by atoms with Crippen LogP contribution in [0.3, 0.4) is 0 Å². The van der Waals surface area contributed by atoms with Crippen LogP contribution in [0.2, 0.25) is 0 Å². The number of aliphatic hydroxyl groups excluding tert-OH is 1. The van der Waals surface area contributed by atoms with Gasteiger partial charge in [-0.1, -0.05) is 6.92 Å². The van der Waals surface area contributed by atoms with Gasteiger partial charge in [0.05, 0.1) is 18.3 Å². The quantitative estimate of drug-likeness (QED) is 0.668. The van der Waals surface area contributed by atoms with Gasteiger partial charge in [0.15, 0.2) is 0 Å². The first-order valence-electron chi connectivity index (χ1n) is 5.05. The maximum atomic E-state index is 12.9.